The number of benzene rings is 1. The fraction of sp³-hybridized carbons (Fsp3) is 0.222. The summed E-state index contributed by atoms with van der Waals surface area (Å²) in [6.45, 7) is 3.97. The highest BCUT2D eigenvalue weighted by Gasteiger charge is 2.34. The van der Waals surface area contributed by atoms with Crippen LogP contribution in [0.1, 0.15) is 29.0 Å². The van der Waals surface area contributed by atoms with Crippen molar-refractivity contribution in [1.82, 2.24) is 9.78 Å². The van der Waals surface area contributed by atoms with E-state index in [-0.39, 0.29) is 16.4 Å². The number of thiophene rings is 1. The fourth-order valence-corrected chi connectivity index (χ4v) is 5.04. The van der Waals surface area contributed by atoms with Crippen LogP contribution in [0.5, 0.6) is 0 Å². The van der Waals surface area contributed by atoms with Crippen LogP contribution in [0.25, 0.3) is 5.69 Å². The van der Waals surface area contributed by atoms with Crippen LogP contribution in [0, 0.1) is 6.92 Å². The Morgan fingerprint density at radius 1 is 1.21 bits per heavy atom. The second-order valence-corrected chi connectivity index (χ2v) is 8.03. The van der Waals surface area contributed by atoms with Crippen molar-refractivity contribution < 1.29 is 4.79 Å². The van der Waals surface area contributed by atoms with Crippen molar-refractivity contribution in [2.45, 2.75) is 24.3 Å². The van der Waals surface area contributed by atoms with Crippen LogP contribution in [0.2, 0.25) is 0 Å². The summed E-state index contributed by atoms with van der Waals surface area (Å²) in [4.78, 5) is 12.5. The Balaban J connectivity index is 1.92. The highest BCUT2D eigenvalue weighted by Crippen LogP contribution is 2.46. The zero-order valence-electron chi connectivity index (χ0n) is 13.4. The van der Waals surface area contributed by atoms with Crippen molar-refractivity contribution in [1.29, 1.82) is 0 Å². The van der Waals surface area contributed by atoms with Crippen molar-refractivity contribution in [2.75, 3.05) is 5.32 Å². The monoisotopic (exact) mass is 355 g/mol. The van der Waals surface area contributed by atoms with Gasteiger partial charge in [-0.3, -0.25) is 4.79 Å². The van der Waals surface area contributed by atoms with Crippen molar-refractivity contribution in [2.24, 2.45) is 0 Å². The molecule has 1 aliphatic heterocycles. The highest BCUT2D eigenvalue weighted by atomic mass is 32.2. The lowest BCUT2D eigenvalue weighted by molar-refractivity contribution is -0.115. The molecule has 6 heteroatoms. The number of nitrogens with one attached hydrogen (secondary N) is 1. The van der Waals surface area contributed by atoms with Crippen LogP contribution in [0.15, 0.2) is 47.2 Å². The van der Waals surface area contributed by atoms with Gasteiger partial charge in [-0.05, 0) is 48.4 Å². The van der Waals surface area contributed by atoms with Crippen LogP contribution < -0.4 is 5.32 Å². The van der Waals surface area contributed by atoms with E-state index in [9.17, 15) is 4.79 Å². The highest BCUT2D eigenvalue weighted by molar-refractivity contribution is 8.01. The number of thioether (sulfide) groups is 1. The standard InChI is InChI=1S/C18H17N3OS2/c1-11-15-16(13-8-9-23-10-13)24-12(2)18(22)19-17(15)21(20-11)14-6-4-3-5-7-14/h3-10,12,16H,1-2H3,(H,19,22)/t12-,16-/m1/s1. The average molecular weight is 355 g/mol. The number of aryl methyl sites for hydroxylation is 1. The number of rotatable bonds is 2. The number of anilines is 1. The quantitative estimate of drug-likeness (QED) is 0.741. The van der Waals surface area contributed by atoms with Crippen molar-refractivity contribution in [3.05, 3.63) is 64.0 Å². The third-order valence-corrected chi connectivity index (χ3v) is 6.27. The molecule has 1 N–H and O–H groups in total. The molecule has 1 aliphatic rings. The minimum Gasteiger partial charge on any atom is -0.309 e. The summed E-state index contributed by atoms with van der Waals surface area (Å²) in [6, 6.07) is 12.1. The first-order valence-corrected chi connectivity index (χ1v) is 9.67. The van der Waals surface area contributed by atoms with E-state index in [4.69, 9.17) is 5.10 Å². The van der Waals surface area contributed by atoms with Gasteiger partial charge in [-0.15, -0.1) is 11.8 Å². The maximum atomic E-state index is 12.5. The molecule has 2 atom stereocenters. The molecule has 0 saturated heterocycles. The van der Waals surface area contributed by atoms with Gasteiger partial charge in [0.15, 0.2) is 0 Å². The topological polar surface area (TPSA) is 46.9 Å². The number of carbonyl (C=O) groups excluding carboxylic acids is 1. The van der Waals surface area contributed by atoms with E-state index in [2.05, 4.69) is 22.1 Å². The van der Waals surface area contributed by atoms with Crippen molar-refractivity contribution in [3.63, 3.8) is 0 Å². The minimum atomic E-state index is -0.120. The Morgan fingerprint density at radius 3 is 2.71 bits per heavy atom. The lowest BCUT2D eigenvalue weighted by Gasteiger charge is -2.15. The molecule has 0 spiro atoms. The minimum absolute atomic E-state index is 0.0241. The molecule has 3 heterocycles. The molecule has 0 unspecified atom stereocenters. The molecule has 3 aromatic rings. The summed E-state index contributed by atoms with van der Waals surface area (Å²) in [7, 11) is 0. The van der Waals surface area contributed by atoms with Crippen LogP contribution in [-0.2, 0) is 4.79 Å². The molecule has 1 amide bonds. The van der Waals surface area contributed by atoms with Gasteiger partial charge in [-0.25, -0.2) is 4.68 Å². The second-order valence-electron chi connectivity index (χ2n) is 5.80. The number of nitrogens with zero attached hydrogens (tertiary/aromatic N) is 2. The zero-order valence-corrected chi connectivity index (χ0v) is 15.0. The zero-order chi connectivity index (χ0) is 16.7. The first kappa shape index (κ1) is 15.5. The molecule has 4 rings (SSSR count). The first-order valence-electron chi connectivity index (χ1n) is 7.78. The maximum absolute atomic E-state index is 12.5. The molecular formula is C18H17N3OS2. The predicted molar refractivity (Wildman–Crippen MR) is 100 cm³/mol. The Kier molecular flexibility index (Phi) is 3.94. The van der Waals surface area contributed by atoms with Crippen molar-refractivity contribution in [3.8, 4) is 5.69 Å². The number of carbonyl (C=O) groups is 1. The molecular weight excluding hydrogens is 338 g/mol. The average Bonchev–Trinajstić information content (AvgIpc) is 3.19. The van der Waals surface area contributed by atoms with Crippen molar-refractivity contribution >= 4 is 34.8 Å². The van der Waals surface area contributed by atoms with E-state index in [1.807, 2.05) is 48.9 Å². The molecule has 4 nitrogen and oxygen atoms in total. The third kappa shape index (κ3) is 2.56. The Morgan fingerprint density at radius 2 is 2.00 bits per heavy atom. The molecule has 0 bridgehead atoms. The van der Waals surface area contributed by atoms with Gasteiger partial charge in [0.2, 0.25) is 5.91 Å². The number of aromatic nitrogens is 2. The number of amides is 1. The maximum Gasteiger partial charge on any atom is 0.238 e. The van der Waals surface area contributed by atoms with Gasteiger partial charge in [0.1, 0.15) is 5.82 Å². The molecule has 24 heavy (non-hydrogen) atoms. The van der Waals surface area contributed by atoms with Gasteiger partial charge >= 0.3 is 0 Å². The first-order chi connectivity index (χ1) is 11.6. The fourth-order valence-electron chi connectivity index (χ4n) is 2.95. The van der Waals surface area contributed by atoms with E-state index >= 15 is 0 Å². The van der Waals surface area contributed by atoms with Gasteiger partial charge in [0.25, 0.3) is 0 Å². The van der Waals surface area contributed by atoms with E-state index < -0.39 is 0 Å². The number of hydrogen-bond donors (Lipinski definition) is 1. The molecule has 2 aromatic heterocycles. The summed E-state index contributed by atoms with van der Waals surface area (Å²) in [6.07, 6.45) is 0. The summed E-state index contributed by atoms with van der Waals surface area (Å²) < 4.78 is 1.85. The number of fused-ring (bicyclic) bond motifs is 1. The van der Waals surface area contributed by atoms with Crippen LogP contribution in [-0.4, -0.2) is 20.9 Å². The molecule has 0 fully saturated rings. The molecule has 1 aromatic carbocycles. The smallest absolute Gasteiger partial charge is 0.238 e. The lowest BCUT2D eigenvalue weighted by Crippen LogP contribution is -2.22. The molecule has 0 radical (unpaired) electrons. The molecule has 0 saturated carbocycles. The Labute approximate surface area is 148 Å². The summed E-state index contributed by atoms with van der Waals surface area (Å²) in [5.74, 6) is 0.813. The number of hydrogen-bond acceptors (Lipinski definition) is 4. The number of para-hydroxylation sites is 1. The van der Waals surface area contributed by atoms with Gasteiger partial charge in [-0.1, -0.05) is 18.2 Å². The van der Waals surface area contributed by atoms with Gasteiger partial charge < -0.3 is 5.32 Å². The molecule has 122 valence electrons. The Hall–Kier alpha value is -2.05. The van der Waals surface area contributed by atoms with E-state index in [0.717, 1.165) is 22.8 Å². The van der Waals surface area contributed by atoms with Gasteiger partial charge in [-0.2, -0.15) is 16.4 Å². The molecule has 0 aliphatic carbocycles. The Bertz CT molecular complexity index is 871. The van der Waals surface area contributed by atoms with E-state index in [0.29, 0.717) is 0 Å². The summed E-state index contributed by atoms with van der Waals surface area (Å²) in [5.41, 5.74) is 4.22. The SMILES string of the molecule is Cc1nn(-c2ccccc2)c2c1[C@@H](c1ccsc1)S[C@H](C)C(=O)N2. The largest absolute Gasteiger partial charge is 0.309 e. The van der Waals surface area contributed by atoms with E-state index in [1.165, 1.54) is 5.56 Å². The summed E-state index contributed by atoms with van der Waals surface area (Å²) >= 11 is 3.36. The van der Waals surface area contributed by atoms with Gasteiger partial charge in [0.05, 0.1) is 21.9 Å². The van der Waals surface area contributed by atoms with Gasteiger partial charge in [0, 0.05) is 5.56 Å². The normalized spacial score (nSPS) is 20.3. The van der Waals surface area contributed by atoms with Crippen LogP contribution in [0.4, 0.5) is 5.82 Å². The van der Waals surface area contributed by atoms with Crippen LogP contribution >= 0.6 is 23.1 Å². The summed E-state index contributed by atoms with van der Waals surface area (Å²) in [5, 5.41) is 12.0. The second kappa shape index (κ2) is 6.11. The third-order valence-electron chi connectivity index (χ3n) is 4.17. The van der Waals surface area contributed by atoms with E-state index in [1.54, 1.807) is 23.1 Å². The predicted octanol–water partition coefficient (Wildman–Crippen LogP) is 4.41. The lowest BCUT2D eigenvalue weighted by atomic mass is 10.1. The van der Waals surface area contributed by atoms with Crippen LogP contribution in [0.3, 0.4) is 0 Å².